The average Bonchev–Trinajstić information content (AvgIpc) is 2.16. The van der Waals surface area contributed by atoms with Crippen LogP contribution >= 0.6 is 0 Å². The molecule has 4 heteroatoms. The van der Waals surface area contributed by atoms with Crippen LogP contribution in [0.5, 0.6) is 0 Å². The number of hydrogen-bond acceptors (Lipinski definition) is 3. The number of rotatable bonds is 4. The second-order valence-corrected chi connectivity index (χ2v) is 4.29. The Morgan fingerprint density at radius 3 is 2.80 bits per heavy atom. The Labute approximate surface area is 89.9 Å². The number of pyridine rings is 1. The lowest BCUT2D eigenvalue weighted by atomic mass is 9.92. The van der Waals surface area contributed by atoms with Gasteiger partial charge in [0.1, 0.15) is 0 Å². The van der Waals surface area contributed by atoms with Crippen molar-refractivity contribution in [3.63, 3.8) is 0 Å². The van der Waals surface area contributed by atoms with Crippen LogP contribution < -0.4 is 11.1 Å². The Kier molecular flexibility index (Phi) is 3.29. The zero-order valence-corrected chi connectivity index (χ0v) is 9.37. The molecule has 1 amide bonds. The molecular weight excluding hydrogens is 190 g/mol. The number of primary amides is 1. The molecule has 0 bridgehead atoms. The minimum Gasteiger partial charge on any atom is -0.384 e. The molecule has 0 atom stereocenters. The summed E-state index contributed by atoms with van der Waals surface area (Å²) in [6, 6.07) is 1.88. The summed E-state index contributed by atoms with van der Waals surface area (Å²) in [6.07, 6.45) is 3.49. The van der Waals surface area contributed by atoms with Crippen LogP contribution in [0.4, 0.5) is 5.69 Å². The van der Waals surface area contributed by atoms with Gasteiger partial charge in [-0.25, -0.2) is 0 Å². The van der Waals surface area contributed by atoms with E-state index < -0.39 is 5.41 Å². The molecule has 0 unspecified atom stereocenters. The Bertz CT molecular complexity index is 361. The van der Waals surface area contributed by atoms with E-state index in [0.717, 1.165) is 11.3 Å². The lowest BCUT2D eigenvalue weighted by Crippen LogP contribution is -2.37. The first-order chi connectivity index (χ1) is 6.93. The number of nitrogens with two attached hydrogens (primary N) is 1. The molecule has 0 aliphatic heterocycles. The number of carbonyl (C=O) groups is 1. The molecule has 15 heavy (non-hydrogen) atoms. The van der Waals surface area contributed by atoms with E-state index in [2.05, 4.69) is 10.3 Å². The van der Waals surface area contributed by atoms with E-state index in [0.29, 0.717) is 6.54 Å². The molecule has 0 saturated heterocycles. The zero-order valence-electron chi connectivity index (χ0n) is 9.37. The van der Waals surface area contributed by atoms with Gasteiger partial charge in [0.15, 0.2) is 0 Å². The van der Waals surface area contributed by atoms with Crippen molar-refractivity contribution in [2.24, 2.45) is 11.1 Å². The summed E-state index contributed by atoms with van der Waals surface area (Å²) < 4.78 is 0. The van der Waals surface area contributed by atoms with Gasteiger partial charge in [0.2, 0.25) is 5.91 Å². The number of aryl methyl sites for hydroxylation is 1. The highest BCUT2D eigenvalue weighted by Crippen LogP contribution is 2.17. The van der Waals surface area contributed by atoms with Gasteiger partial charge in [-0.05, 0) is 32.4 Å². The number of hydrogen-bond donors (Lipinski definition) is 2. The molecule has 0 radical (unpaired) electrons. The maximum absolute atomic E-state index is 11.1. The van der Waals surface area contributed by atoms with Crippen LogP contribution in [0.1, 0.15) is 19.4 Å². The monoisotopic (exact) mass is 207 g/mol. The Morgan fingerprint density at radius 2 is 2.27 bits per heavy atom. The normalized spacial score (nSPS) is 11.1. The van der Waals surface area contributed by atoms with Crippen molar-refractivity contribution in [3.8, 4) is 0 Å². The molecule has 0 fully saturated rings. The van der Waals surface area contributed by atoms with Crippen molar-refractivity contribution >= 4 is 11.6 Å². The van der Waals surface area contributed by atoms with Crippen LogP contribution in [0.3, 0.4) is 0 Å². The number of amides is 1. The minimum absolute atomic E-state index is 0.304. The molecule has 82 valence electrons. The average molecular weight is 207 g/mol. The van der Waals surface area contributed by atoms with E-state index in [1.54, 1.807) is 12.4 Å². The van der Waals surface area contributed by atoms with Crippen molar-refractivity contribution in [1.82, 2.24) is 4.98 Å². The fourth-order valence-corrected chi connectivity index (χ4v) is 1.08. The second-order valence-electron chi connectivity index (χ2n) is 4.29. The predicted molar refractivity (Wildman–Crippen MR) is 60.4 cm³/mol. The third-order valence-electron chi connectivity index (χ3n) is 2.41. The van der Waals surface area contributed by atoms with Crippen LogP contribution in [0.25, 0.3) is 0 Å². The second kappa shape index (κ2) is 4.29. The van der Waals surface area contributed by atoms with Gasteiger partial charge in [-0.15, -0.1) is 0 Å². The van der Waals surface area contributed by atoms with Crippen molar-refractivity contribution in [3.05, 3.63) is 24.0 Å². The topological polar surface area (TPSA) is 68.0 Å². The largest absolute Gasteiger partial charge is 0.384 e. The van der Waals surface area contributed by atoms with Gasteiger partial charge in [0.05, 0.1) is 5.41 Å². The lowest BCUT2D eigenvalue weighted by Gasteiger charge is -2.22. The highest BCUT2D eigenvalue weighted by molar-refractivity contribution is 5.80. The highest BCUT2D eigenvalue weighted by atomic mass is 16.1. The van der Waals surface area contributed by atoms with Crippen LogP contribution in [0.15, 0.2) is 18.5 Å². The first kappa shape index (κ1) is 11.5. The summed E-state index contributed by atoms with van der Waals surface area (Å²) in [7, 11) is 0. The molecule has 4 nitrogen and oxygen atoms in total. The molecule has 1 aromatic heterocycles. The van der Waals surface area contributed by atoms with Gasteiger partial charge < -0.3 is 11.1 Å². The predicted octanol–water partition coefficient (Wildman–Crippen LogP) is 1.31. The third-order valence-corrected chi connectivity index (χ3v) is 2.41. The Hall–Kier alpha value is -1.58. The Morgan fingerprint density at radius 1 is 1.60 bits per heavy atom. The molecule has 0 aliphatic rings. The van der Waals surface area contributed by atoms with Gasteiger partial charge in [-0.2, -0.15) is 0 Å². The third kappa shape index (κ3) is 2.94. The molecular formula is C11H17N3O. The smallest absolute Gasteiger partial charge is 0.224 e. The molecule has 3 N–H and O–H groups in total. The molecule has 0 aliphatic carbocycles. The number of nitrogens with one attached hydrogen (secondary N) is 1. The molecule has 0 aromatic carbocycles. The van der Waals surface area contributed by atoms with Crippen LogP contribution in [0, 0.1) is 12.3 Å². The van der Waals surface area contributed by atoms with Gasteiger partial charge in [0, 0.05) is 24.6 Å². The molecule has 1 rings (SSSR count). The number of anilines is 1. The van der Waals surface area contributed by atoms with Crippen LogP contribution in [0.2, 0.25) is 0 Å². The number of nitrogens with zero attached hydrogens (tertiary/aromatic N) is 1. The maximum atomic E-state index is 11.1. The van der Waals surface area contributed by atoms with E-state index in [1.807, 2.05) is 26.8 Å². The quantitative estimate of drug-likeness (QED) is 0.782. The highest BCUT2D eigenvalue weighted by Gasteiger charge is 2.24. The van der Waals surface area contributed by atoms with E-state index in [-0.39, 0.29) is 5.91 Å². The van der Waals surface area contributed by atoms with Gasteiger partial charge in [-0.3, -0.25) is 9.78 Å². The first-order valence-corrected chi connectivity index (χ1v) is 4.88. The van der Waals surface area contributed by atoms with E-state index in [4.69, 9.17) is 5.73 Å². The standard InChI is InChI=1S/C11H17N3O/c1-8-6-13-5-4-9(8)14-7-11(2,3)10(12)15/h4-6H,7H2,1-3H3,(H2,12,15)(H,13,14). The van der Waals surface area contributed by atoms with E-state index >= 15 is 0 Å². The van der Waals surface area contributed by atoms with Crippen molar-refractivity contribution in [1.29, 1.82) is 0 Å². The summed E-state index contributed by atoms with van der Waals surface area (Å²) in [5.41, 5.74) is 6.77. The molecule has 0 saturated carbocycles. The van der Waals surface area contributed by atoms with E-state index in [1.165, 1.54) is 0 Å². The number of aromatic nitrogens is 1. The molecule has 0 spiro atoms. The Balaban J connectivity index is 2.66. The summed E-state index contributed by atoms with van der Waals surface area (Å²) in [4.78, 5) is 15.1. The number of carbonyl (C=O) groups excluding carboxylic acids is 1. The van der Waals surface area contributed by atoms with Crippen LogP contribution in [-0.4, -0.2) is 17.4 Å². The first-order valence-electron chi connectivity index (χ1n) is 4.88. The fourth-order valence-electron chi connectivity index (χ4n) is 1.08. The summed E-state index contributed by atoms with van der Waals surface area (Å²) in [5.74, 6) is -0.304. The molecule has 1 heterocycles. The molecule has 1 aromatic rings. The zero-order chi connectivity index (χ0) is 11.5. The SMILES string of the molecule is Cc1cnccc1NCC(C)(C)C(N)=O. The van der Waals surface area contributed by atoms with Gasteiger partial charge in [0.25, 0.3) is 0 Å². The van der Waals surface area contributed by atoms with Gasteiger partial charge >= 0.3 is 0 Å². The summed E-state index contributed by atoms with van der Waals surface area (Å²) in [5, 5.41) is 3.19. The summed E-state index contributed by atoms with van der Waals surface area (Å²) >= 11 is 0. The van der Waals surface area contributed by atoms with E-state index in [9.17, 15) is 4.79 Å². The maximum Gasteiger partial charge on any atom is 0.224 e. The van der Waals surface area contributed by atoms with Crippen molar-refractivity contribution in [2.75, 3.05) is 11.9 Å². The fraction of sp³-hybridized carbons (Fsp3) is 0.455. The van der Waals surface area contributed by atoms with Crippen molar-refractivity contribution < 1.29 is 4.79 Å². The lowest BCUT2D eigenvalue weighted by molar-refractivity contribution is -0.125. The minimum atomic E-state index is -0.546. The van der Waals surface area contributed by atoms with Crippen molar-refractivity contribution in [2.45, 2.75) is 20.8 Å². The van der Waals surface area contributed by atoms with Gasteiger partial charge in [-0.1, -0.05) is 0 Å². The summed E-state index contributed by atoms with van der Waals surface area (Å²) in [6.45, 7) is 6.12. The van der Waals surface area contributed by atoms with Crippen LogP contribution in [-0.2, 0) is 4.79 Å².